The summed E-state index contributed by atoms with van der Waals surface area (Å²) in [4.78, 5) is 0. The summed E-state index contributed by atoms with van der Waals surface area (Å²) >= 11 is 6.99. The topological polar surface area (TPSA) is 18.5 Å². The molecule has 0 radical (unpaired) electrons. The second kappa shape index (κ2) is 6.96. The van der Waals surface area contributed by atoms with E-state index in [1.54, 1.807) is 7.11 Å². The van der Waals surface area contributed by atoms with Crippen LogP contribution >= 0.6 is 31.9 Å². The SMILES string of the molecule is COc1ccc(OCc2ccccc2Br)c(CBr)c1. The molecule has 0 N–H and O–H groups in total. The first-order valence-corrected chi connectivity index (χ1v) is 7.75. The molecule has 0 saturated carbocycles. The molecule has 0 unspecified atom stereocenters. The molecule has 2 aromatic carbocycles. The molecule has 0 spiro atoms. The van der Waals surface area contributed by atoms with Gasteiger partial charge in [-0.2, -0.15) is 0 Å². The Morgan fingerprint density at radius 3 is 2.53 bits per heavy atom. The first-order chi connectivity index (χ1) is 9.24. The van der Waals surface area contributed by atoms with Crippen molar-refractivity contribution in [1.82, 2.24) is 0 Å². The minimum atomic E-state index is 0.535. The van der Waals surface area contributed by atoms with Crippen LogP contribution in [0.15, 0.2) is 46.9 Å². The molecule has 2 rings (SSSR count). The molecule has 0 aromatic heterocycles. The van der Waals surface area contributed by atoms with Crippen molar-refractivity contribution >= 4 is 31.9 Å². The fourth-order valence-electron chi connectivity index (χ4n) is 1.70. The highest BCUT2D eigenvalue weighted by atomic mass is 79.9. The maximum Gasteiger partial charge on any atom is 0.124 e. The molecule has 0 heterocycles. The van der Waals surface area contributed by atoms with Crippen molar-refractivity contribution in [3.63, 3.8) is 0 Å². The second-order valence-electron chi connectivity index (χ2n) is 3.99. The first kappa shape index (κ1) is 14.4. The summed E-state index contributed by atoms with van der Waals surface area (Å²) in [6.07, 6.45) is 0. The van der Waals surface area contributed by atoms with Gasteiger partial charge in [0, 0.05) is 20.9 Å². The van der Waals surface area contributed by atoms with Gasteiger partial charge in [0.15, 0.2) is 0 Å². The van der Waals surface area contributed by atoms with E-state index in [0.717, 1.165) is 32.4 Å². The first-order valence-electron chi connectivity index (χ1n) is 5.83. The van der Waals surface area contributed by atoms with E-state index in [-0.39, 0.29) is 0 Å². The Labute approximate surface area is 130 Å². The lowest BCUT2D eigenvalue weighted by Gasteiger charge is -2.12. The third-order valence-corrected chi connectivity index (χ3v) is 4.13. The number of benzene rings is 2. The maximum atomic E-state index is 5.88. The highest BCUT2D eigenvalue weighted by Crippen LogP contribution is 2.27. The molecular formula is C15H14Br2O2. The van der Waals surface area contributed by atoms with Crippen LogP contribution in [-0.4, -0.2) is 7.11 Å². The van der Waals surface area contributed by atoms with E-state index < -0.39 is 0 Å². The van der Waals surface area contributed by atoms with Crippen LogP contribution in [0.4, 0.5) is 0 Å². The minimum absolute atomic E-state index is 0.535. The summed E-state index contributed by atoms with van der Waals surface area (Å²) < 4.78 is 12.1. The van der Waals surface area contributed by atoms with Crippen LogP contribution in [0.1, 0.15) is 11.1 Å². The molecule has 4 heteroatoms. The van der Waals surface area contributed by atoms with Crippen molar-refractivity contribution in [1.29, 1.82) is 0 Å². The number of rotatable bonds is 5. The third-order valence-electron chi connectivity index (χ3n) is 2.75. The Bertz CT molecular complexity index is 556. The number of hydrogen-bond donors (Lipinski definition) is 0. The molecule has 0 bridgehead atoms. The van der Waals surface area contributed by atoms with Gasteiger partial charge in [0.25, 0.3) is 0 Å². The Hall–Kier alpha value is -1.000. The Morgan fingerprint density at radius 1 is 1.05 bits per heavy atom. The molecule has 100 valence electrons. The van der Waals surface area contributed by atoms with Gasteiger partial charge in [-0.25, -0.2) is 0 Å². The quantitative estimate of drug-likeness (QED) is 0.679. The van der Waals surface area contributed by atoms with E-state index in [4.69, 9.17) is 9.47 Å². The van der Waals surface area contributed by atoms with Crippen molar-refractivity contribution in [3.05, 3.63) is 58.1 Å². The van der Waals surface area contributed by atoms with E-state index in [2.05, 4.69) is 31.9 Å². The molecule has 0 amide bonds. The van der Waals surface area contributed by atoms with E-state index in [9.17, 15) is 0 Å². The van der Waals surface area contributed by atoms with Crippen molar-refractivity contribution in [3.8, 4) is 11.5 Å². The van der Waals surface area contributed by atoms with Crippen LogP contribution in [0.5, 0.6) is 11.5 Å². The summed E-state index contributed by atoms with van der Waals surface area (Å²) in [7, 11) is 1.66. The van der Waals surface area contributed by atoms with Gasteiger partial charge in [0.1, 0.15) is 18.1 Å². The van der Waals surface area contributed by atoms with E-state index in [1.807, 2.05) is 42.5 Å². The zero-order valence-electron chi connectivity index (χ0n) is 10.5. The molecule has 0 saturated heterocycles. The number of alkyl halides is 1. The van der Waals surface area contributed by atoms with Crippen molar-refractivity contribution in [2.75, 3.05) is 7.11 Å². The summed E-state index contributed by atoms with van der Waals surface area (Å²) in [6.45, 7) is 0.535. The van der Waals surface area contributed by atoms with Gasteiger partial charge in [0.05, 0.1) is 7.11 Å². The lowest BCUT2D eigenvalue weighted by atomic mass is 10.2. The molecule has 0 fully saturated rings. The van der Waals surface area contributed by atoms with Gasteiger partial charge in [-0.05, 0) is 24.3 Å². The predicted molar refractivity (Wildman–Crippen MR) is 84.1 cm³/mol. The highest BCUT2D eigenvalue weighted by molar-refractivity contribution is 9.10. The van der Waals surface area contributed by atoms with Crippen molar-refractivity contribution in [2.45, 2.75) is 11.9 Å². The fraction of sp³-hybridized carbons (Fsp3) is 0.200. The van der Waals surface area contributed by atoms with Crippen LogP contribution in [0, 0.1) is 0 Å². The zero-order chi connectivity index (χ0) is 13.7. The second-order valence-corrected chi connectivity index (χ2v) is 5.40. The molecule has 2 aromatic rings. The third kappa shape index (κ3) is 3.74. The van der Waals surface area contributed by atoms with Gasteiger partial charge < -0.3 is 9.47 Å². The predicted octanol–water partition coefficient (Wildman–Crippen LogP) is 4.93. The van der Waals surface area contributed by atoms with Crippen LogP contribution in [0.25, 0.3) is 0 Å². The van der Waals surface area contributed by atoms with E-state index >= 15 is 0 Å². The number of halogens is 2. The zero-order valence-corrected chi connectivity index (χ0v) is 13.7. The molecule has 0 aliphatic carbocycles. The van der Waals surface area contributed by atoms with Gasteiger partial charge in [-0.15, -0.1) is 0 Å². The average molecular weight is 386 g/mol. The van der Waals surface area contributed by atoms with Gasteiger partial charge in [0.2, 0.25) is 0 Å². The summed E-state index contributed by atoms with van der Waals surface area (Å²) in [5.74, 6) is 1.70. The molecule has 0 aliphatic rings. The molecule has 0 atom stereocenters. The molecule has 19 heavy (non-hydrogen) atoms. The Morgan fingerprint density at radius 2 is 1.84 bits per heavy atom. The standard InChI is InChI=1S/C15H14Br2O2/c1-18-13-6-7-15(12(8-13)9-16)19-10-11-4-2-3-5-14(11)17/h2-8H,9-10H2,1H3. The Kier molecular flexibility index (Phi) is 5.28. The summed E-state index contributed by atoms with van der Waals surface area (Å²) in [5, 5.41) is 0.732. The van der Waals surface area contributed by atoms with Crippen LogP contribution in [-0.2, 0) is 11.9 Å². The monoisotopic (exact) mass is 384 g/mol. The lowest BCUT2D eigenvalue weighted by Crippen LogP contribution is -1.99. The molecule has 0 aliphatic heterocycles. The molecule has 2 nitrogen and oxygen atoms in total. The highest BCUT2D eigenvalue weighted by Gasteiger charge is 2.06. The van der Waals surface area contributed by atoms with E-state index in [1.165, 1.54) is 0 Å². The largest absolute Gasteiger partial charge is 0.497 e. The summed E-state index contributed by atoms with van der Waals surface area (Å²) in [6, 6.07) is 13.9. The van der Waals surface area contributed by atoms with Crippen LogP contribution in [0.2, 0.25) is 0 Å². The van der Waals surface area contributed by atoms with Gasteiger partial charge >= 0.3 is 0 Å². The summed E-state index contributed by atoms with van der Waals surface area (Å²) in [5.41, 5.74) is 2.20. The lowest BCUT2D eigenvalue weighted by molar-refractivity contribution is 0.302. The maximum absolute atomic E-state index is 5.88. The van der Waals surface area contributed by atoms with Gasteiger partial charge in [-0.1, -0.05) is 50.1 Å². The van der Waals surface area contributed by atoms with Crippen LogP contribution in [0.3, 0.4) is 0 Å². The molecular weight excluding hydrogens is 372 g/mol. The smallest absolute Gasteiger partial charge is 0.124 e. The van der Waals surface area contributed by atoms with Crippen LogP contribution < -0.4 is 9.47 Å². The van der Waals surface area contributed by atoms with E-state index in [0.29, 0.717) is 6.61 Å². The minimum Gasteiger partial charge on any atom is -0.497 e. The van der Waals surface area contributed by atoms with Crippen molar-refractivity contribution in [2.24, 2.45) is 0 Å². The number of hydrogen-bond acceptors (Lipinski definition) is 2. The van der Waals surface area contributed by atoms with Crippen molar-refractivity contribution < 1.29 is 9.47 Å². The Balaban J connectivity index is 2.13. The fourth-order valence-corrected chi connectivity index (χ4v) is 2.54. The number of ether oxygens (including phenoxy) is 2. The van der Waals surface area contributed by atoms with Gasteiger partial charge in [-0.3, -0.25) is 0 Å². The number of methoxy groups -OCH3 is 1. The average Bonchev–Trinajstić information content (AvgIpc) is 2.46. The normalized spacial score (nSPS) is 10.3.